The summed E-state index contributed by atoms with van der Waals surface area (Å²) in [5.41, 5.74) is 2.79. The number of hydrogen-bond acceptors (Lipinski definition) is 6. The Kier molecular flexibility index (Phi) is 7.31. The highest BCUT2D eigenvalue weighted by molar-refractivity contribution is 6.30. The van der Waals surface area contributed by atoms with Gasteiger partial charge >= 0.3 is 5.97 Å². The summed E-state index contributed by atoms with van der Waals surface area (Å²) in [6, 6.07) is 13.7. The molecule has 7 nitrogen and oxygen atoms in total. The number of esters is 1. The maximum absolute atomic E-state index is 12.5. The van der Waals surface area contributed by atoms with Crippen LogP contribution in [0.5, 0.6) is 5.75 Å². The van der Waals surface area contributed by atoms with Crippen LogP contribution in [0.4, 0.5) is 0 Å². The van der Waals surface area contributed by atoms with Crippen LogP contribution in [0.1, 0.15) is 39.9 Å². The molecule has 1 unspecified atom stereocenters. The fraction of sp³-hybridized carbons (Fsp3) is 0.261. The molecule has 0 aliphatic rings. The molecule has 1 heterocycles. The van der Waals surface area contributed by atoms with Crippen LogP contribution in [-0.4, -0.2) is 23.1 Å². The third-order valence-electron chi connectivity index (χ3n) is 4.67. The Balaban J connectivity index is 1.53. The van der Waals surface area contributed by atoms with Crippen molar-refractivity contribution in [3.8, 4) is 5.75 Å². The van der Waals surface area contributed by atoms with Gasteiger partial charge in [-0.3, -0.25) is 4.79 Å². The molecule has 0 bridgehead atoms. The van der Waals surface area contributed by atoms with Gasteiger partial charge in [-0.15, -0.1) is 0 Å². The molecule has 8 heteroatoms. The van der Waals surface area contributed by atoms with Crippen LogP contribution >= 0.6 is 11.6 Å². The molecule has 0 aliphatic heterocycles. The molecule has 1 atom stereocenters. The van der Waals surface area contributed by atoms with E-state index in [-0.39, 0.29) is 12.2 Å². The third kappa shape index (κ3) is 6.08. The van der Waals surface area contributed by atoms with E-state index in [1.807, 2.05) is 26.0 Å². The second-order valence-corrected chi connectivity index (χ2v) is 7.45. The number of carbonyl (C=O) groups is 2. The summed E-state index contributed by atoms with van der Waals surface area (Å²) in [7, 11) is 0. The summed E-state index contributed by atoms with van der Waals surface area (Å²) in [6.07, 6.45) is -0.952. The predicted octanol–water partition coefficient (Wildman–Crippen LogP) is 4.39. The molecule has 1 N–H and O–H groups in total. The fourth-order valence-electron chi connectivity index (χ4n) is 2.79. The Labute approximate surface area is 185 Å². The van der Waals surface area contributed by atoms with Crippen LogP contribution in [0.2, 0.25) is 5.02 Å². The molecule has 2 aromatic carbocycles. The topological polar surface area (TPSA) is 90.7 Å². The number of amides is 1. The molecule has 31 heavy (non-hydrogen) atoms. The minimum Gasteiger partial charge on any atom is -0.489 e. The van der Waals surface area contributed by atoms with E-state index in [4.69, 9.17) is 25.6 Å². The Bertz CT molecular complexity index is 1040. The third-order valence-corrected chi connectivity index (χ3v) is 4.92. The number of aryl methyl sites for hydroxylation is 2. The van der Waals surface area contributed by atoms with E-state index in [0.717, 1.165) is 16.8 Å². The van der Waals surface area contributed by atoms with Crippen molar-refractivity contribution >= 4 is 23.5 Å². The van der Waals surface area contributed by atoms with Gasteiger partial charge in [-0.05, 0) is 56.7 Å². The Hall–Kier alpha value is -3.32. The fourth-order valence-corrected chi connectivity index (χ4v) is 2.92. The average molecular weight is 443 g/mol. The lowest BCUT2D eigenvalue weighted by molar-refractivity contribution is -0.129. The van der Waals surface area contributed by atoms with Gasteiger partial charge in [-0.1, -0.05) is 35.0 Å². The van der Waals surface area contributed by atoms with Crippen molar-refractivity contribution in [3.05, 3.63) is 81.7 Å². The van der Waals surface area contributed by atoms with E-state index in [9.17, 15) is 9.59 Å². The molecule has 0 aliphatic carbocycles. The lowest BCUT2D eigenvalue weighted by Gasteiger charge is -2.14. The van der Waals surface area contributed by atoms with E-state index in [1.54, 1.807) is 36.4 Å². The zero-order valence-corrected chi connectivity index (χ0v) is 18.2. The highest BCUT2D eigenvalue weighted by Crippen LogP contribution is 2.19. The van der Waals surface area contributed by atoms with Crippen molar-refractivity contribution in [1.29, 1.82) is 0 Å². The smallest absolute Gasteiger partial charge is 0.339 e. The lowest BCUT2D eigenvalue weighted by atomic mass is 10.2. The largest absolute Gasteiger partial charge is 0.489 e. The quantitative estimate of drug-likeness (QED) is 0.520. The van der Waals surface area contributed by atoms with E-state index in [1.165, 1.54) is 6.92 Å². The number of halogens is 1. The minimum atomic E-state index is -0.952. The molecule has 162 valence electrons. The van der Waals surface area contributed by atoms with Crippen LogP contribution in [0.25, 0.3) is 0 Å². The minimum absolute atomic E-state index is 0.267. The van der Waals surface area contributed by atoms with Crippen LogP contribution in [0, 0.1) is 13.8 Å². The van der Waals surface area contributed by atoms with Gasteiger partial charge in [0.2, 0.25) is 0 Å². The van der Waals surface area contributed by atoms with Crippen LogP contribution in [0.3, 0.4) is 0 Å². The molecule has 3 aromatic rings. The maximum atomic E-state index is 12.5. The highest BCUT2D eigenvalue weighted by Gasteiger charge is 2.19. The second-order valence-electron chi connectivity index (χ2n) is 7.01. The number of rotatable bonds is 8. The van der Waals surface area contributed by atoms with Gasteiger partial charge in [0.1, 0.15) is 18.1 Å². The second kappa shape index (κ2) is 10.1. The maximum Gasteiger partial charge on any atom is 0.339 e. The van der Waals surface area contributed by atoms with Crippen molar-refractivity contribution < 1.29 is 23.6 Å². The van der Waals surface area contributed by atoms with Gasteiger partial charge in [0.25, 0.3) is 5.91 Å². The number of nitrogens with zero attached hydrogens (tertiary/aromatic N) is 1. The highest BCUT2D eigenvalue weighted by atomic mass is 35.5. The van der Waals surface area contributed by atoms with Crippen LogP contribution in [0.15, 0.2) is 53.1 Å². The van der Waals surface area contributed by atoms with E-state index >= 15 is 0 Å². The van der Waals surface area contributed by atoms with Crippen molar-refractivity contribution in [1.82, 2.24) is 10.5 Å². The first kappa shape index (κ1) is 22.4. The van der Waals surface area contributed by atoms with Gasteiger partial charge in [0.05, 0.1) is 16.8 Å². The molecule has 3 rings (SSSR count). The van der Waals surface area contributed by atoms with E-state index < -0.39 is 18.0 Å². The number of benzene rings is 2. The number of carbonyl (C=O) groups excluding carboxylic acids is 2. The molecule has 0 saturated carbocycles. The molecular formula is C23H23ClN2O5. The lowest BCUT2D eigenvalue weighted by Crippen LogP contribution is -2.35. The normalized spacial score (nSPS) is 11.6. The summed E-state index contributed by atoms with van der Waals surface area (Å²) in [5, 5.41) is 7.24. The molecule has 1 aromatic heterocycles. The van der Waals surface area contributed by atoms with Crippen molar-refractivity contribution in [2.75, 3.05) is 0 Å². The molecule has 0 radical (unpaired) electrons. The van der Waals surface area contributed by atoms with E-state index in [0.29, 0.717) is 23.1 Å². The predicted molar refractivity (Wildman–Crippen MR) is 115 cm³/mol. The first-order valence-corrected chi connectivity index (χ1v) is 10.1. The summed E-state index contributed by atoms with van der Waals surface area (Å²) in [6.45, 7) is 5.74. The van der Waals surface area contributed by atoms with Gasteiger partial charge < -0.3 is 19.3 Å². The van der Waals surface area contributed by atoms with Gasteiger partial charge in [0.15, 0.2) is 6.10 Å². The zero-order valence-electron chi connectivity index (χ0n) is 17.5. The number of ether oxygens (including phenoxy) is 2. The van der Waals surface area contributed by atoms with Crippen LogP contribution < -0.4 is 10.1 Å². The monoisotopic (exact) mass is 442 g/mol. The Morgan fingerprint density at radius 2 is 1.90 bits per heavy atom. The Morgan fingerprint density at radius 3 is 2.58 bits per heavy atom. The summed E-state index contributed by atoms with van der Waals surface area (Å²) >= 11 is 5.85. The van der Waals surface area contributed by atoms with Gasteiger partial charge in [0, 0.05) is 11.6 Å². The van der Waals surface area contributed by atoms with Gasteiger partial charge in [-0.25, -0.2) is 4.79 Å². The summed E-state index contributed by atoms with van der Waals surface area (Å²) in [5.74, 6) is 0.173. The average Bonchev–Trinajstić information content (AvgIpc) is 3.09. The van der Waals surface area contributed by atoms with Crippen molar-refractivity contribution in [2.24, 2.45) is 0 Å². The first-order valence-electron chi connectivity index (χ1n) is 9.71. The van der Waals surface area contributed by atoms with E-state index in [2.05, 4.69) is 10.5 Å². The number of hydrogen-bond donors (Lipinski definition) is 1. The summed E-state index contributed by atoms with van der Waals surface area (Å²) in [4.78, 5) is 24.7. The van der Waals surface area contributed by atoms with Crippen LogP contribution in [-0.2, 0) is 22.7 Å². The van der Waals surface area contributed by atoms with Crippen molar-refractivity contribution in [2.45, 2.75) is 40.0 Å². The SMILES string of the molecule is Cc1noc(C)c1COc1cccc(C(=O)OC(C)C(=O)NCc2ccc(Cl)cc2)c1. The first-order chi connectivity index (χ1) is 14.8. The molecule has 1 amide bonds. The summed E-state index contributed by atoms with van der Waals surface area (Å²) < 4.78 is 16.2. The van der Waals surface area contributed by atoms with Gasteiger partial charge in [-0.2, -0.15) is 0 Å². The standard InChI is InChI=1S/C23H23ClN2O5/c1-14-21(15(2)31-26-14)13-29-20-6-4-5-18(11-20)23(28)30-16(3)22(27)25-12-17-7-9-19(24)10-8-17/h4-11,16H,12-13H2,1-3H3,(H,25,27). The molecule has 0 fully saturated rings. The molecular weight excluding hydrogens is 420 g/mol. The Morgan fingerprint density at radius 1 is 1.16 bits per heavy atom. The molecule has 0 saturated heterocycles. The number of nitrogens with one attached hydrogen (secondary N) is 1. The molecule has 0 spiro atoms. The zero-order chi connectivity index (χ0) is 22.4. The van der Waals surface area contributed by atoms with Crippen molar-refractivity contribution in [3.63, 3.8) is 0 Å². The number of aromatic nitrogens is 1.